The van der Waals surface area contributed by atoms with E-state index in [1.807, 2.05) is 18.2 Å². The minimum Gasteiger partial charge on any atom is -0.490 e. The fraction of sp³-hybridized carbons (Fsp3) is 0.407. The maximum atomic E-state index is 12.5. The van der Waals surface area contributed by atoms with Gasteiger partial charge in [0.25, 0.3) is 0 Å². The number of carbonyl (C=O) groups excluding carboxylic acids is 1. The molecular weight excluding hydrogens is 446 g/mol. The molecule has 7 heteroatoms. The van der Waals surface area contributed by atoms with Crippen molar-refractivity contribution in [2.24, 2.45) is 0 Å². The molecule has 2 aromatic carbocycles. The van der Waals surface area contributed by atoms with Crippen LogP contribution in [0.5, 0.6) is 11.5 Å². The average Bonchev–Trinajstić information content (AvgIpc) is 3.43. The van der Waals surface area contributed by atoms with Gasteiger partial charge in [0.15, 0.2) is 16.6 Å². The number of aryl methyl sites for hydroxylation is 1. The Bertz CT molecular complexity index is 1140. The molecule has 6 nitrogen and oxygen atoms in total. The number of ether oxygens (including phenoxy) is 2. The number of rotatable bonds is 6. The molecule has 1 unspecified atom stereocenters. The van der Waals surface area contributed by atoms with Crippen LogP contribution in [-0.4, -0.2) is 35.5 Å². The second-order valence-corrected chi connectivity index (χ2v) is 9.72. The summed E-state index contributed by atoms with van der Waals surface area (Å²) in [5.74, 6) is 1.66. The highest BCUT2D eigenvalue weighted by atomic mass is 32.1. The minimum atomic E-state index is -0.0311. The summed E-state index contributed by atoms with van der Waals surface area (Å²) in [6.45, 7) is 6.91. The van der Waals surface area contributed by atoms with Crippen molar-refractivity contribution < 1.29 is 14.3 Å². The van der Waals surface area contributed by atoms with Crippen LogP contribution < -0.4 is 14.4 Å². The zero-order valence-corrected chi connectivity index (χ0v) is 20.6. The van der Waals surface area contributed by atoms with Crippen molar-refractivity contribution in [3.63, 3.8) is 0 Å². The van der Waals surface area contributed by atoms with Gasteiger partial charge in [-0.1, -0.05) is 25.1 Å². The van der Waals surface area contributed by atoms with Gasteiger partial charge in [-0.25, -0.2) is 4.98 Å². The first-order valence-corrected chi connectivity index (χ1v) is 13.0. The van der Waals surface area contributed by atoms with E-state index in [2.05, 4.69) is 41.5 Å². The lowest BCUT2D eigenvalue weighted by Crippen LogP contribution is -2.24. The predicted octanol–water partition coefficient (Wildman–Crippen LogP) is 5.89. The van der Waals surface area contributed by atoms with E-state index in [-0.39, 0.29) is 5.91 Å². The molecule has 1 saturated heterocycles. The lowest BCUT2D eigenvalue weighted by molar-refractivity contribution is -0.115. The summed E-state index contributed by atoms with van der Waals surface area (Å²) >= 11 is 1.52. The van der Waals surface area contributed by atoms with Crippen LogP contribution in [0.15, 0.2) is 47.8 Å². The molecule has 0 aliphatic carbocycles. The number of fused-ring (bicyclic) bond motifs is 1. The fourth-order valence-electron chi connectivity index (χ4n) is 4.77. The number of aromatic nitrogens is 1. The molecule has 5 rings (SSSR count). The van der Waals surface area contributed by atoms with Crippen LogP contribution in [0.3, 0.4) is 0 Å². The average molecular weight is 478 g/mol. The maximum Gasteiger partial charge on any atom is 0.230 e. The van der Waals surface area contributed by atoms with Crippen LogP contribution in [0.4, 0.5) is 10.8 Å². The zero-order valence-electron chi connectivity index (χ0n) is 19.8. The van der Waals surface area contributed by atoms with E-state index < -0.39 is 0 Å². The molecule has 2 aliphatic rings. The summed E-state index contributed by atoms with van der Waals surface area (Å²) in [6, 6.07) is 14.8. The Morgan fingerprint density at radius 1 is 1.12 bits per heavy atom. The van der Waals surface area contributed by atoms with Crippen LogP contribution in [-0.2, 0) is 17.8 Å². The molecule has 0 N–H and O–H groups in total. The van der Waals surface area contributed by atoms with Crippen molar-refractivity contribution >= 4 is 28.1 Å². The Labute approximate surface area is 205 Å². The summed E-state index contributed by atoms with van der Waals surface area (Å²) in [7, 11) is 0. The second kappa shape index (κ2) is 10.2. The molecule has 2 aliphatic heterocycles. The maximum absolute atomic E-state index is 12.5. The van der Waals surface area contributed by atoms with Crippen LogP contribution in [0, 0.1) is 0 Å². The van der Waals surface area contributed by atoms with E-state index >= 15 is 0 Å². The number of likely N-dealkylation sites (tertiary alicyclic amines) is 1. The van der Waals surface area contributed by atoms with Crippen molar-refractivity contribution in [2.45, 2.75) is 52.1 Å². The number of thiazole rings is 1. The van der Waals surface area contributed by atoms with Crippen molar-refractivity contribution in [3.8, 4) is 11.5 Å². The lowest BCUT2D eigenvalue weighted by Gasteiger charge is -2.25. The molecule has 1 fully saturated rings. The van der Waals surface area contributed by atoms with Crippen molar-refractivity contribution in [2.75, 3.05) is 24.7 Å². The number of hydrogen-bond acceptors (Lipinski definition) is 6. The van der Waals surface area contributed by atoms with Crippen LogP contribution in [0.25, 0.3) is 0 Å². The van der Waals surface area contributed by atoms with E-state index in [4.69, 9.17) is 14.5 Å². The third kappa shape index (κ3) is 4.81. The molecule has 0 radical (unpaired) electrons. The summed E-state index contributed by atoms with van der Waals surface area (Å²) < 4.78 is 11.7. The van der Waals surface area contributed by atoms with Gasteiger partial charge in [0.2, 0.25) is 5.91 Å². The molecule has 1 amide bonds. The van der Waals surface area contributed by atoms with Crippen molar-refractivity contribution in [1.29, 1.82) is 0 Å². The monoisotopic (exact) mass is 477 g/mol. The van der Waals surface area contributed by atoms with Gasteiger partial charge in [0.05, 0.1) is 24.6 Å². The third-order valence-electron chi connectivity index (χ3n) is 6.53. The number of amides is 1. The van der Waals surface area contributed by atoms with E-state index in [0.717, 1.165) is 66.8 Å². The highest BCUT2D eigenvalue weighted by molar-refractivity contribution is 7.14. The highest BCUT2D eigenvalue weighted by Gasteiger charge is 2.28. The van der Waals surface area contributed by atoms with Crippen LogP contribution in [0.1, 0.15) is 56.0 Å². The van der Waals surface area contributed by atoms with Gasteiger partial charge in [0.1, 0.15) is 0 Å². The fourth-order valence-corrected chi connectivity index (χ4v) is 5.65. The molecule has 3 aromatic rings. The summed E-state index contributed by atoms with van der Waals surface area (Å²) in [6.07, 6.45) is 4.15. The standard InChI is InChI=1S/C27H31N3O3S/c1-3-20-7-10-23(11-8-20)30(19(2)31)27-28-22(18-34-27)17-29-13-4-6-24(29)21-9-12-25-26(16-21)33-15-5-14-32-25/h7-12,16,18,24H,3-6,13-15,17H2,1-2H3. The van der Waals surface area contributed by atoms with Gasteiger partial charge in [0, 0.05) is 31.3 Å². The van der Waals surface area contributed by atoms with Crippen LogP contribution >= 0.6 is 11.3 Å². The molecule has 0 saturated carbocycles. The normalized spacial score (nSPS) is 18.0. The molecule has 0 spiro atoms. The Hall–Kier alpha value is -2.90. The van der Waals surface area contributed by atoms with Gasteiger partial charge in [-0.05, 0) is 61.2 Å². The Kier molecular flexibility index (Phi) is 6.83. The van der Waals surface area contributed by atoms with Gasteiger partial charge < -0.3 is 9.47 Å². The molecule has 178 valence electrons. The van der Waals surface area contributed by atoms with Crippen LogP contribution in [0.2, 0.25) is 0 Å². The smallest absolute Gasteiger partial charge is 0.230 e. The Morgan fingerprint density at radius 2 is 1.91 bits per heavy atom. The van der Waals surface area contributed by atoms with E-state index in [0.29, 0.717) is 19.3 Å². The second-order valence-electron chi connectivity index (χ2n) is 8.88. The largest absolute Gasteiger partial charge is 0.490 e. The number of nitrogens with zero attached hydrogens (tertiary/aromatic N) is 3. The van der Waals surface area contributed by atoms with E-state index in [1.54, 1.807) is 11.8 Å². The first kappa shape index (κ1) is 22.9. The molecular formula is C27H31N3O3S. The molecule has 3 heterocycles. The molecule has 1 atom stereocenters. The first-order valence-electron chi connectivity index (χ1n) is 12.1. The summed E-state index contributed by atoms with van der Waals surface area (Å²) in [4.78, 5) is 21.5. The topological polar surface area (TPSA) is 54.9 Å². The van der Waals surface area contributed by atoms with Gasteiger partial charge in [-0.3, -0.25) is 14.6 Å². The van der Waals surface area contributed by atoms with E-state index in [1.165, 1.54) is 22.5 Å². The molecule has 34 heavy (non-hydrogen) atoms. The minimum absolute atomic E-state index is 0.0311. The van der Waals surface area contributed by atoms with Crippen molar-refractivity contribution in [1.82, 2.24) is 9.88 Å². The third-order valence-corrected chi connectivity index (χ3v) is 7.41. The van der Waals surface area contributed by atoms with Gasteiger partial charge in [-0.15, -0.1) is 11.3 Å². The number of benzene rings is 2. The van der Waals surface area contributed by atoms with Crippen molar-refractivity contribution in [3.05, 3.63) is 64.7 Å². The van der Waals surface area contributed by atoms with Gasteiger partial charge in [-0.2, -0.15) is 0 Å². The zero-order chi connectivity index (χ0) is 23.5. The summed E-state index contributed by atoms with van der Waals surface area (Å²) in [5.41, 5.74) is 4.37. The quantitative estimate of drug-likeness (QED) is 0.443. The Balaban J connectivity index is 1.33. The number of anilines is 2. The summed E-state index contributed by atoms with van der Waals surface area (Å²) in [5, 5.41) is 2.80. The van der Waals surface area contributed by atoms with E-state index in [9.17, 15) is 4.79 Å². The lowest BCUT2D eigenvalue weighted by atomic mass is 10.0. The Morgan fingerprint density at radius 3 is 2.68 bits per heavy atom. The number of carbonyl (C=O) groups is 1. The highest BCUT2D eigenvalue weighted by Crippen LogP contribution is 2.39. The predicted molar refractivity (Wildman–Crippen MR) is 135 cm³/mol. The molecule has 0 bridgehead atoms. The SMILES string of the molecule is CCc1ccc(N(C(C)=O)c2nc(CN3CCCC3c3ccc4c(c3)OCCCO4)cs2)cc1. The first-order chi connectivity index (χ1) is 16.6. The number of hydrogen-bond donors (Lipinski definition) is 0. The van der Waals surface area contributed by atoms with Gasteiger partial charge >= 0.3 is 0 Å². The molecule has 1 aromatic heterocycles.